The molecule has 0 aliphatic heterocycles. The Balaban J connectivity index is 1.62. The van der Waals surface area contributed by atoms with Crippen LogP contribution >= 0.6 is 0 Å². The van der Waals surface area contributed by atoms with Crippen LogP contribution in [0.15, 0.2) is 91.0 Å². The molecule has 5 heteroatoms. The van der Waals surface area contributed by atoms with Crippen LogP contribution in [0.3, 0.4) is 0 Å². The van der Waals surface area contributed by atoms with Gasteiger partial charge >= 0.3 is 9.05 Å². The monoisotopic (exact) mass is 504 g/mol. The van der Waals surface area contributed by atoms with E-state index in [1.165, 1.54) is 6.42 Å². The molecule has 3 aromatic carbocycles. The van der Waals surface area contributed by atoms with Gasteiger partial charge in [-0.3, -0.25) is 0 Å². The summed E-state index contributed by atoms with van der Waals surface area (Å²) in [4.78, 5) is 0. The minimum atomic E-state index is -3.55. The second kappa shape index (κ2) is 12.8. The molecule has 3 aromatic rings. The van der Waals surface area contributed by atoms with Gasteiger partial charge in [-0.2, -0.15) is 0 Å². The molecular formula is C31H40O4Si. The largest absolute Gasteiger partial charge is 0.680 e. The van der Waals surface area contributed by atoms with Gasteiger partial charge in [0.1, 0.15) is 0 Å². The molecule has 0 spiro atoms. The highest BCUT2D eigenvalue weighted by Gasteiger charge is 2.51. The van der Waals surface area contributed by atoms with Crippen molar-refractivity contribution in [2.24, 2.45) is 11.3 Å². The Bertz CT molecular complexity index is 915. The molecule has 0 heterocycles. The predicted molar refractivity (Wildman–Crippen MR) is 146 cm³/mol. The maximum absolute atomic E-state index is 6.96. The van der Waals surface area contributed by atoms with Crippen molar-refractivity contribution in [2.45, 2.75) is 72.4 Å². The van der Waals surface area contributed by atoms with Crippen molar-refractivity contribution in [3.8, 4) is 0 Å². The second-order valence-corrected chi connectivity index (χ2v) is 12.8. The fraction of sp³-hybridized carbons (Fsp3) is 0.419. The van der Waals surface area contributed by atoms with Crippen LogP contribution in [0, 0.1) is 11.3 Å². The van der Waals surface area contributed by atoms with Gasteiger partial charge in [-0.15, -0.1) is 0 Å². The Morgan fingerprint density at radius 3 is 1.39 bits per heavy atom. The summed E-state index contributed by atoms with van der Waals surface area (Å²) in [5.74, 6) is 0.416. The zero-order chi connectivity index (χ0) is 25.3. The van der Waals surface area contributed by atoms with Crippen molar-refractivity contribution in [3.63, 3.8) is 0 Å². The molecule has 192 valence electrons. The average molecular weight is 505 g/mol. The van der Waals surface area contributed by atoms with Crippen molar-refractivity contribution in [2.75, 3.05) is 0 Å². The smallest absolute Gasteiger partial charge is 0.348 e. The van der Waals surface area contributed by atoms with E-state index in [0.29, 0.717) is 25.7 Å². The zero-order valence-electron chi connectivity index (χ0n) is 21.9. The molecule has 1 fully saturated rings. The van der Waals surface area contributed by atoms with E-state index >= 15 is 0 Å². The van der Waals surface area contributed by atoms with E-state index in [2.05, 4.69) is 57.2 Å². The highest BCUT2D eigenvalue weighted by atomic mass is 28.4. The molecule has 0 radical (unpaired) electrons. The van der Waals surface area contributed by atoms with Crippen LogP contribution in [-0.2, 0) is 37.5 Å². The van der Waals surface area contributed by atoms with Crippen LogP contribution in [0.25, 0.3) is 0 Å². The Kier molecular flexibility index (Phi) is 9.51. The Morgan fingerprint density at radius 1 is 0.611 bits per heavy atom. The van der Waals surface area contributed by atoms with Gasteiger partial charge in [0.2, 0.25) is 0 Å². The molecule has 2 unspecified atom stereocenters. The van der Waals surface area contributed by atoms with E-state index in [1.54, 1.807) is 0 Å². The molecule has 0 saturated heterocycles. The lowest BCUT2D eigenvalue weighted by Crippen LogP contribution is -2.54. The van der Waals surface area contributed by atoms with Crippen LogP contribution in [-0.4, -0.2) is 15.2 Å². The maximum atomic E-state index is 6.96. The average Bonchev–Trinajstić information content (AvgIpc) is 2.91. The molecule has 2 atom stereocenters. The van der Waals surface area contributed by atoms with E-state index < -0.39 is 9.05 Å². The minimum absolute atomic E-state index is 0.0349. The summed E-state index contributed by atoms with van der Waals surface area (Å²) in [5.41, 5.74) is 3.34. The zero-order valence-corrected chi connectivity index (χ0v) is 22.9. The molecule has 4 nitrogen and oxygen atoms in total. The molecule has 0 amide bonds. The summed E-state index contributed by atoms with van der Waals surface area (Å²) in [6, 6.07) is 30.5. The minimum Gasteiger partial charge on any atom is -0.348 e. The van der Waals surface area contributed by atoms with Crippen LogP contribution in [0.4, 0.5) is 0 Å². The Labute approximate surface area is 218 Å². The quantitative estimate of drug-likeness (QED) is 0.251. The van der Waals surface area contributed by atoms with E-state index in [1.807, 2.05) is 54.6 Å². The van der Waals surface area contributed by atoms with Gasteiger partial charge in [-0.1, -0.05) is 125 Å². The maximum Gasteiger partial charge on any atom is 0.680 e. The molecule has 1 saturated carbocycles. The molecular weight excluding hydrogens is 464 g/mol. The predicted octanol–water partition coefficient (Wildman–Crippen LogP) is 7.69. The van der Waals surface area contributed by atoms with Gasteiger partial charge in [-0.25, -0.2) is 0 Å². The van der Waals surface area contributed by atoms with Gasteiger partial charge in [0.05, 0.1) is 25.9 Å². The highest BCUT2D eigenvalue weighted by Crippen LogP contribution is 2.41. The fourth-order valence-corrected chi connectivity index (χ4v) is 7.02. The molecule has 0 bridgehead atoms. The number of benzene rings is 3. The summed E-state index contributed by atoms with van der Waals surface area (Å²) in [6.07, 6.45) is 4.56. The normalized spacial score (nSPS) is 18.8. The molecule has 4 rings (SSSR count). The topological polar surface area (TPSA) is 36.9 Å². The summed E-state index contributed by atoms with van der Waals surface area (Å²) in [6.45, 7) is 8.06. The Hall–Kier alpha value is -2.28. The summed E-state index contributed by atoms with van der Waals surface area (Å²) < 4.78 is 26.7. The molecule has 1 aliphatic rings. The summed E-state index contributed by atoms with van der Waals surface area (Å²) >= 11 is 0. The van der Waals surface area contributed by atoms with Crippen molar-refractivity contribution in [3.05, 3.63) is 108 Å². The first-order valence-corrected chi connectivity index (χ1v) is 14.8. The van der Waals surface area contributed by atoms with Crippen molar-refractivity contribution in [1.82, 2.24) is 0 Å². The molecule has 1 aliphatic carbocycles. The van der Waals surface area contributed by atoms with Gasteiger partial charge in [0.15, 0.2) is 0 Å². The highest BCUT2D eigenvalue weighted by molar-refractivity contribution is 6.53. The van der Waals surface area contributed by atoms with Gasteiger partial charge in [0.25, 0.3) is 0 Å². The SMILES string of the molecule is CC(C)(C)C1CCCCC1O[Si](OCc1ccccc1)(OCc1ccccc1)OCc1ccccc1. The molecule has 0 aromatic heterocycles. The number of hydrogen-bond donors (Lipinski definition) is 0. The lowest BCUT2D eigenvalue weighted by Gasteiger charge is -2.43. The van der Waals surface area contributed by atoms with Crippen LogP contribution < -0.4 is 0 Å². The lowest BCUT2D eigenvalue weighted by molar-refractivity contribution is -0.0988. The van der Waals surface area contributed by atoms with Crippen LogP contribution in [0.5, 0.6) is 0 Å². The molecule has 0 N–H and O–H groups in total. The second-order valence-electron chi connectivity index (χ2n) is 10.7. The van der Waals surface area contributed by atoms with Gasteiger partial charge < -0.3 is 17.7 Å². The van der Waals surface area contributed by atoms with Gasteiger partial charge in [0, 0.05) is 0 Å². The third-order valence-corrected chi connectivity index (χ3v) is 8.97. The lowest BCUT2D eigenvalue weighted by atomic mass is 9.71. The fourth-order valence-electron chi connectivity index (χ4n) is 4.88. The summed E-state index contributed by atoms with van der Waals surface area (Å²) in [5, 5.41) is 0. The van der Waals surface area contributed by atoms with Crippen molar-refractivity contribution >= 4 is 9.05 Å². The van der Waals surface area contributed by atoms with E-state index in [0.717, 1.165) is 36.0 Å². The number of hydrogen-bond acceptors (Lipinski definition) is 4. The van der Waals surface area contributed by atoms with Crippen molar-refractivity contribution in [1.29, 1.82) is 0 Å². The van der Waals surface area contributed by atoms with Gasteiger partial charge in [-0.05, 0) is 40.9 Å². The van der Waals surface area contributed by atoms with E-state index in [-0.39, 0.29) is 11.5 Å². The third-order valence-electron chi connectivity index (χ3n) is 6.89. The van der Waals surface area contributed by atoms with Crippen LogP contribution in [0.2, 0.25) is 0 Å². The number of rotatable bonds is 11. The molecule has 36 heavy (non-hydrogen) atoms. The van der Waals surface area contributed by atoms with Crippen LogP contribution in [0.1, 0.15) is 63.1 Å². The standard InChI is InChI=1S/C31H40O4Si/c1-31(2,3)29-21-13-14-22-30(29)35-36(32-23-26-15-7-4-8-16-26,33-24-27-17-9-5-10-18-27)34-25-28-19-11-6-12-20-28/h4-12,15-20,29-30H,13-14,21-25H2,1-3H3. The van der Waals surface area contributed by atoms with E-state index in [4.69, 9.17) is 17.7 Å². The first-order valence-electron chi connectivity index (χ1n) is 13.1. The third kappa shape index (κ3) is 7.86. The Morgan fingerprint density at radius 2 is 1.00 bits per heavy atom. The first-order chi connectivity index (χ1) is 17.4. The van der Waals surface area contributed by atoms with E-state index in [9.17, 15) is 0 Å². The van der Waals surface area contributed by atoms with Crippen molar-refractivity contribution < 1.29 is 17.7 Å². The summed E-state index contributed by atoms with van der Waals surface area (Å²) in [7, 11) is -3.55. The first kappa shape index (κ1) is 26.8.